The molecule has 1 aromatic heterocycles. The smallest absolute Gasteiger partial charge is 0.319 e. The molecular weight excluding hydrogens is 412 g/mol. The zero-order chi connectivity index (χ0) is 21.8. The van der Waals surface area contributed by atoms with Gasteiger partial charge in [0.05, 0.1) is 5.69 Å². The van der Waals surface area contributed by atoms with Crippen molar-refractivity contribution in [2.45, 2.75) is 19.5 Å². The molecular formula is C22H24N6O2S. The number of rotatable bonds is 5. The van der Waals surface area contributed by atoms with E-state index < -0.39 is 0 Å². The Hall–Kier alpha value is -3.43. The molecule has 0 saturated carbocycles. The van der Waals surface area contributed by atoms with E-state index in [9.17, 15) is 9.59 Å². The summed E-state index contributed by atoms with van der Waals surface area (Å²) < 4.78 is 0. The number of nitrogens with two attached hydrogens (primary N) is 1. The monoisotopic (exact) mass is 436 g/mol. The number of thiazole rings is 1. The molecule has 5 N–H and O–H groups in total. The van der Waals surface area contributed by atoms with E-state index >= 15 is 0 Å². The molecule has 160 valence electrons. The number of amides is 3. The highest BCUT2D eigenvalue weighted by Gasteiger charge is 2.19. The Morgan fingerprint density at radius 3 is 2.77 bits per heavy atom. The van der Waals surface area contributed by atoms with Crippen LogP contribution in [0, 0.1) is 0 Å². The van der Waals surface area contributed by atoms with Crippen LogP contribution in [0.4, 0.5) is 21.3 Å². The number of urea groups is 1. The molecule has 2 aromatic carbocycles. The van der Waals surface area contributed by atoms with E-state index in [2.05, 4.69) is 32.9 Å². The molecule has 0 unspecified atom stereocenters. The van der Waals surface area contributed by atoms with Crippen molar-refractivity contribution >= 4 is 39.8 Å². The van der Waals surface area contributed by atoms with Crippen molar-refractivity contribution in [2.24, 2.45) is 0 Å². The molecule has 31 heavy (non-hydrogen) atoms. The van der Waals surface area contributed by atoms with Gasteiger partial charge in [-0.15, -0.1) is 11.3 Å². The zero-order valence-electron chi connectivity index (χ0n) is 17.1. The average Bonchev–Trinajstić information content (AvgIpc) is 3.15. The summed E-state index contributed by atoms with van der Waals surface area (Å²) in [6, 6.07) is 13.7. The Morgan fingerprint density at radius 1 is 1.16 bits per heavy atom. The van der Waals surface area contributed by atoms with Crippen LogP contribution in [0.2, 0.25) is 0 Å². The second-order valence-corrected chi connectivity index (χ2v) is 8.54. The minimum Gasteiger partial charge on any atom is -0.399 e. The molecule has 4 rings (SSSR count). The number of nitrogen functional groups attached to an aromatic ring is 1. The van der Waals surface area contributed by atoms with Crippen LogP contribution in [0.3, 0.4) is 0 Å². The zero-order valence-corrected chi connectivity index (χ0v) is 18.0. The summed E-state index contributed by atoms with van der Waals surface area (Å²) >= 11 is 1.52. The highest BCUT2D eigenvalue weighted by molar-refractivity contribution is 7.15. The van der Waals surface area contributed by atoms with Crippen molar-refractivity contribution < 1.29 is 9.59 Å². The Morgan fingerprint density at radius 2 is 1.97 bits per heavy atom. The Kier molecular flexibility index (Phi) is 6.15. The Labute approximate surface area is 184 Å². The lowest BCUT2D eigenvalue weighted by Gasteiger charge is -2.20. The molecule has 3 aromatic rings. The van der Waals surface area contributed by atoms with E-state index in [0.717, 1.165) is 30.8 Å². The first-order chi connectivity index (χ1) is 15.0. The van der Waals surface area contributed by atoms with Crippen molar-refractivity contribution in [3.8, 4) is 0 Å². The Bertz CT molecular complexity index is 1100. The maximum Gasteiger partial charge on any atom is 0.319 e. The topological polar surface area (TPSA) is 112 Å². The molecule has 2 heterocycles. The molecule has 8 nitrogen and oxygen atoms in total. The van der Waals surface area contributed by atoms with Gasteiger partial charge in [0, 0.05) is 47.9 Å². The lowest BCUT2D eigenvalue weighted by atomic mass is 10.1. The van der Waals surface area contributed by atoms with Crippen LogP contribution in [-0.4, -0.2) is 35.4 Å². The molecule has 0 saturated heterocycles. The first-order valence-electron chi connectivity index (χ1n) is 9.94. The lowest BCUT2D eigenvalue weighted by molar-refractivity contribution is 0.102. The fourth-order valence-corrected chi connectivity index (χ4v) is 4.38. The van der Waals surface area contributed by atoms with Gasteiger partial charge in [0.15, 0.2) is 5.13 Å². The second kappa shape index (κ2) is 9.15. The van der Waals surface area contributed by atoms with Crippen molar-refractivity contribution in [3.63, 3.8) is 0 Å². The molecule has 0 bridgehead atoms. The summed E-state index contributed by atoms with van der Waals surface area (Å²) in [5.74, 6) is -0.215. The van der Waals surface area contributed by atoms with E-state index in [-0.39, 0.29) is 11.9 Å². The number of fused-ring (bicyclic) bond motifs is 1. The number of anilines is 3. The van der Waals surface area contributed by atoms with E-state index in [0.29, 0.717) is 28.6 Å². The van der Waals surface area contributed by atoms with E-state index in [1.165, 1.54) is 16.2 Å². The number of nitrogens with one attached hydrogen (secondary N) is 3. The van der Waals surface area contributed by atoms with Crippen LogP contribution in [0.25, 0.3) is 0 Å². The molecule has 0 radical (unpaired) electrons. The largest absolute Gasteiger partial charge is 0.399 e. The minimum absolute atomic E-state index is 0.215. The van der Waals surface area contributed by atoms with Crippen molar-refractivity contribution in [3.05, 3.63) is 70.2 Å². The summed E-state index contributed by atoms with van der Waals surface area (Å²) in [4.78, 5) is 32.8. The third kappa shape index (κ3) is 5.39. The highest BCUT2D eigenvalue weighted by atomic mass is 32.1. The molecule has 1 aliphatic heterocycles. The summed E-state index contributed by atoms with van der Waals surface area (Å²) in [5, 5.41) is 9.05. The van der Waals surface area contributed by atoms with E-state index in [1.807, 2.05) is 6.07 Å². The van der Waals surface area contributed by atoms with Gasteiger partial charge >= 0.3 is 6.03 Å². The maximum absolute atomic E-state index is 12.7. The van der Waals surface area contributed by atoms with E-state index in [1.54, 1.807) is 42.5 Å². The van der Waals surface area contributed by atoms with Gasteiger partial charge in [-0.2, -0.15) is 0 Å². The van der Waals surface area contributed by atoms with Gasteiger partial charge in [0.1, 0.15) is 0 Å². The highest BCUT2D eigenvalue weighted by Crippen LogP contribution is 2.28. The molecule has 0 spiro atoms. The van der Waals surface area contributed by atoms with Crippen LogP contribution >= 0.6 is 11.3 Å². The van der Waals surface area contributed by atoms with E-state index in [4.69, 9.17) is 5.73 Å². The van der Waals surface area contributed by atoms with Gasteiger partial charge in [-0.25, -0.2) is 9.78 Å². The van der Waals surface area contributed by atoms with Gasteiger partial charge in [-0.1, -0.05) is 12.1 Å². The van der Waals surface area contributed by atoms with Crippen LogP contribution in [0.15, 0.2) is 48.5 Å². The lowest BCUT2D eigenvalue weighted by Crippen LogP contribution is -2.28. The third-order valence-corrected chi connectivity index (χ3v) is 5.95. The minimum atomic E-state index is -0.335. The van der Waals surface area contributed by atoms with Gasteiger partial charge in [0.2, 0.25) is 0 Å². The maximum atomic E-state index is 12.7. The molecule has 1 aliphatic rings. The number of hydrogen-bond donors (Lipinski definition) is 4. The van der Waals surface area contributed by atoms with Crippen molar-refractivity contribution in [1.82, 2.24) is 15.2 Å². The van der Waals surface area contributed by atoms with Gasteiger partial charge in [-0.05, 0) is 49.0 Å². The number of hydrogen-bond acceptors (Lipinski definition) is 6. The molecule has 9 heteroatoms. The standard InChI is InChI=1S/C22H24N6O2S/c1-28-10-9-18-19(13-28)31-22(26-18)27-20(29)15-4-2-3-14(11-15)12-24-21(30)25-17-7-5-16(23)6-8-17/h2-8,11H,9-10,12-13,23H2,1H3,(H2,24,25,30)(H,26,27,29). The quantitative estimate of drug-likeness (QED) is 0.459. The number of carbonyl (C=O) groups is 2. The fourth-order valence-electron chi connectivity index (χ4n) is 3.29. The van der Waals surface area contributed by atoms with Crippen LogP contribution < -0.4 is 21.7 Å². The SMILES string of the molecule is CN1CCc2nc(NC(=O)c3cccc(CNC(=O)Nc4ccc(N)cc4)c3)sc2C1. The summed E-state index contributed by atoms with van der Waals surface area (Å²) in [5.41, 5.74) is 9.33. The summed E-state index contributed by atoms with van der Waals surface area (Å²) in [6.45, 7) is 2.13. The molecule has 3 amide bonds. The third-order valence-electron chi connectivity index (χ3n) is 4.95. The van der Waals surface area contributed by atoms with Crippen molar-refractivity contribution in [2.75, 3.05) is 30.0 Å². The predicted molar refractivity (Wildman–Crippen MR) is 123 cm³/mol. The fraction of sp³-hybridized carbons (Fsp3) is 0.227. The number of carbonyl (C=O) groups excluding carboxylic acids is 2. The van der Waals surface area contributed by atoms with Crippen molar-refractivity contribution in [1.29, 1.82) is 0 Å². The number of benzene rings is 2. The first-order valence-corrected chi connectivity index (χ1v) is 10.8. The second-order valence-electron chi connectivity index (χ2n) is 7.46. The number of nitrogens with zero attached hydrogens (tertiary/aromatic N) is 2. The summed E-state index contributed by atoms with van der Waals surface area (Å²) in [6.07, 6.45) is 0.901. The molecule has 0 atom stereocenters. The van der Waals surface area contributed by atoms with Crippen LogP contribution in [-0.2, 0) is 19.5 Å². The average molecular weight is 437 g/mol. The summed E-state index contributed by atoms with van der Waals surface area (Å²) in [7, 11) is 2.08. The molecule has 0 fully saturated rings. The first kappa shape index (κ1) is 20.8. The number of aromatic nitrogens is 1. The number of likely N-dealkylation sites (N-methyl/N-ethyl adjacent to an activating group) is 1. The normalized spacial score (nSPS) is 13.3. The van der Waals surface area contributed by atoms with Crippen LogP contribution in [0.5, 0.6) is 0 Å². The van der Waals surface area contributed by atoms with Gasteiger partial charge < -0.3 is 21.3 Å². The van der Waals surface area contributed by atoms with Gasteiger partial charge in [-0.3, -0.25) is 10.1 Å². The Balaban J connectivity index is 1.34. The predicted octanol–water partition coefficient (Wildman–Crippen LogP) is 3.29. The van der Waals surface area contributed by atoms with Gasteiger partial charge in [0.25, 0.3) is 5.91 Å². The molecule has 0 aliphatic carbocycles. The van der Waals surface area contributed by atoms with Crippen LogP contribution in [0.1, 0.15) is 26.5 Å².